The first-order chi connectivity index (χ1) is 19.3. The van der Waals surface area contributed by atoms with Crippen LogP contribution in [0.25, 0.3) is 0 Å². The van der Waals surface area contributed by atoms with Crippen LogP contribution in [0.2, 0.25) is 0 Å². The molecule has 8 atom stereocenters. The van der Waals surface area contributed by atoms with E-state index in [-0.39, 0.29) is 33.9 Å². The van der Waals surface area contributed by atoms with Crippen molar-refractivity contribution in [3.8, 4) is 0 Å². The molecule has 0 heterocycles. The number of allylic oxidation sites excluding steroid dienone is 6. The van der Waals surface area contributed by atoms with Crippen LogP contribution < -0.4 is 0 Å². The van der Waals surface area contributed by atoms with Crippen molar-refractivity contribution in [2.24, 2.45) is 41.4 Å². The third kappa shape index (κ3) is 10.4. The fourth-order valence-electron chi connectivity index (χ4n) is 7.58. The zero-order valence-electron chi connectivity index (χ0n) is 27.1. The Bertz CT molecular complexity index is 979. The molecule has 2 fully saturated rings. The molecule has 41 heavy (non-hydrogen) atoms. The first-order valence-electron chi connectivity index (χ1n) is 16.6. The molecule has 0 saturated heterocycles. The normalized spacial score (nSPS) is 30.3. The fraction of sp³-hybridized carbons (Fsp3) is 0.784. The second kappa shape index (κ2) is 15.7. The minimum atomic E-state index is -0.158. The number of ketones is 2. The molecule has 0 aliphatic heterocycles. The molecule has 0 aromatic carbocycles. The Kier molecular flexibility index (Phi) is 13.3. The van der Waals surface area contributed by atoms with E-state index in [0.717, 1.165) is 70.6 Å². The molecule has 3 aliphatic carbocycles. The van der Waals surface area contributed by atoms with Crippen molar-refractivity contribution in [3.05, 3.63) is 34.9 Å². The van der Waals surface area contributed by atoms with Gasteiger partial charge in [-0.3, -0.25) is 9.59 Å². The lowest BCUT2D eigenvalue weighted by Gasteiger charge is -2.46. The van der Waals surface area contributed by atoms with Gasteiger partial charge >= 0.3 is 0 Å². The van der Waals surface area contributed by atoms with Crippen LogP contribution in [0, 0.1) is 41.4 Å². The van der Waals surface area contributed by atoms with Crippen molar-refractivity contribution in [2.45, 2.75) is 142 Å². The van der Waals surface area contributed by atoms with Gasteiger partial charge in [0, 0.05) is 33.9 Å². The van der Waals surface area contributed by atoms with Gasteiger partial charge in [0.2, 0.25) is 0 Å². The van der Waals surface area contributed by atoms with Crippen LogP contribution in [-0.4, -0.2) is 21.8 Å². The Morgan fingerprint density at radius 2 is 1.61 bits per heavy atom. The molecule has 8 unspecified atom stereocenters. The Balaban J connectivity index is 1.51. The van der Waals surface area contributed by atoms with Gasteiger partial charge in [0.25, 0.3) is 0 Å². The van der Waals surface area contributed by atoms with Crippen LogP contribution in [-0.2, 0) is 9.59 Å². The van der Waals surface area contributed by atoms with Crippen molar-refractivity contribution < 1.29 is 9.59 Å². The minimum Gasteiger partial charge on any atom is -0.299 e. The highest BCUT2D eigenvalue weighted by molar-refractivity contribution is 6.23. The van der Waals surface area contributed by atoms with E-state index in [0.29, 0.717) is 35.7 Å². The Labute approximate surface area is 262 Å². The summed E-state index contributed by atoms with van der Waals surface area (Å²) in [5, 5.41) is 0.00200. The molecule has 2 nitrogen and oxygen atoms in total. The molecule has 3 aliphatic rings. The highest BCUT2D eigenvalue weighted by Crippen LogP contribution is 2.49. The lowest BCUT2D eigenvalue weighted by atomic mass is 9.56. The van der Waals surface area contributed by atoms with E-state index < -0.39 is 0 Å². The van der Waals surface area contributed by atoms with E-state index in [9.17, 15) is 9.59 Å². The summed E-state index contributed by atoms with van der Waals surface area (Å²) in [5.74, 6) is 1.83. The third-order valence-electron chi connectivity index (χ3n) is 10.6. The lowest BCUT2D eigenvalue weighted by Crippen LogP contribution is -2.52. The van der Waals surface area contributed by atoms with E-state index in [2.05, 4.69) is 66.7 Å². The first-order valence-corrected chi connectivity index (χ1v) is 17.5. The minimum absolute atomic E-state index is 0.00200. The summed E-state index contributed by atoms with van der Waals surface area (Å²) >= 11 is 13.3. The number of carbonyl (C=O) groups excluding carboxylic acids is 2. The molecule has 0 bridgehead atoms. The highest BCUT2D eigenvalue weighted by Gasteiger charge is 2.53. The quantitative estimate of drug-likeness (QED) is 0.146. The van der Waals surface area contributed by atoms with Crippen LogP contribution in [0.3, 0.4) is 0 Å². The SMILES string of the molecule is CC(C)=CCCC(C)=CCCC1=CCC2C(=O)C3CC(CCC(C)C(C)CCCC(C)(C)Cl)C(Cl)CC3C(=O)C2C1. The predicted octanol–water partition coefficient (Wildman–Crippen LogP) is 11.1. The van der Waals surface area contributed by atoms with Crippen LogP contribution in [0.4, 0.5) is 0 Å². The van der Waals surface area contributed by atoms with Crippen LogP contribution in [0.1, 0.15) is 132 Å². The monoisotopic (exact) mass is 604 g/mol. The first kappa shape index (κ1) is 34.6. The van der Waals surface area contributed by atoms with E-state index in [1.807, 2.05) is 0 Å². The summed E-state index contributed by atoms with van der Waals surface area (Å²) in [6.45, 7) is 15.4. The van der Waals surface area contributed by atoms with Gasteiger partial charge in [0.15, 0.2) is 0 Å². The average molecular weight is 606 g/mol. The average Bonchev–Trinajstić information content (AvgIpc) is 2.89. The summed E-state index contributed by atoms with van der Waals surface area (Å²) in [5.41, 5.74) is 4.18. The Hall–Kier alpha value is -0.860. The number of fused-ring (bicyclic) bond motifs is 2. The summed E-state index contributed by atoms with van der Waals surface area (Å²) < 4.78 is 0. The van der Waals surface area contributed by atoms with Gasteiger partial charge in [-0.15, -0.1) is 23.2 Å². The number of carbonyl (C=O) groups is 2. The molecule has 232 valence electrons. The van der Waals surface area contributed by atoms with Gasteiger partial charge in [-0.1, -0.05) is 68.1 Å². The summed E-state index contributed by atoms with van der Waals surface area (Å²) in [4.78, 5) is 27.4. The molecule has 0 spiro atoms. The molecule has 0 radical (unpaired) electrons. The Morgan fingerprint density at radius 1 is 0.951 bits per heavy atom. The Morgan fingerprint density at radius 3 is 2.29 bits per heavy atom. The van der Waals surface area contributed by atoms with Gasteiger partial charge in [0.1, 0.15) is 11.6 Å². The molecule has 0 aromatic heterocycles. The maximum absolute atomic E-state index is 13.8. The van der Waals surface area contributed by atoms with Crippen LogP contribution >= 0.6 is 23.2 Å². The summed E-state index contributed by atoms with van der Waals surface area (Å²) in [7, 11) is 0. The largest absolute Gasteiger partial charge is 0.299 e. The van der Waals surface area contributed by atoms with Crippen LogP contribution in [0.5, 0.6) is 0 Å². The second-order valence-corrected chi connectivity index (χ2v) is 16.4. The van der Waals surface area contributed by atoms with E-state index in [4.69, 9.17) is 23.2 Å². The maximum atomic E-state index is 13.8. The molecule has 4 heteroatoms. The number of hydrogen-bond donors (Lipinski definition) is 0. The van der Waals surface area contributed by atoms with E-state index in [1.165, 1.54) is 23.1 Å². The zero-order chi connectivity index (χ0) is 30.3. The number of halogens is 2. The van der Waals surface area contributed by atoms with Crippen molar-refractivity contribution >= 4 is 34.8 Å². The number of alkyl halides is 2. The van der Waals surface area contributed by atoms with Crippen molar-refractivity contribution in [3.63, 3.8) is 0 Å². The molecule has 0 aromatic rings. The van der Waals surface area contributed by atoms with E-state index >= 15 is 0 Å². The van der Waals surface area contributed by atoms with Gasteiger partial charge in [-0.2, -0.15) is 0 Å². The smallest absolute Gasteiger partial charge is 0.140 e. The van der Waals surface area contributed by atoms with Gasteiger partial charge in [0.05, 0.1) is 0 Å². The number of Topliss-reactive ketones (excluding diaryl/α,β-unsaturated/α-hetero) is 2. The maximum Gasteiger partial charge on any atom is 0.140 e. The van der Waals surface area contributed by atoms with Gasteiger partial charge in [-0.25, -0.2) is 0 Å². The number of rotatable bonds is 14. The van der Waals surface area contributed by atoms with Crippen molar-refractivity contribution in [2.75, 3.05) is 0 Å². The lowest BCUT2D eigenvalue weighted by molar-refractivity contribution is -0.150. The fourth-order valence-corrected chi connectivity index (χ4v) is 8.14. The molecule has 0 amide bonds. The molecule has 2 saturated carbocycles. The highest BCUT2D eigenvalue weighted by atomic mass is 35.5. The van der Waals surface area contributed by atoms with Crippen molar-refractivity contribution in [1.82, 2.24) is 0 Å². The molecule has 3 rings (SSSR count). The third-order valence-corrected chi connectivity index (χ3v) is 11.3. The molecular weight excluding hydrogens is 547 g/mol. The second-order valence-electron chi connectivity index (χ2n) is 14.8. The van der Waals surface area contributed by atoms with E-state index in [1.54, 1.807) is 0 Å². The topological polar surface area (TPSA) is 34.1 Å². The molecule has 0 N–H and O–H groups in total. The number of hydrogen-bond acceptors (Lipinski definition) is 2. The zero-order valence-corrected chi connectivity index (χ0v) is 28.6. The predicted molar refractivity (Wildman–Crippen MR) is 177 cm³/mol. The molecular formula is C37H58Cl2O2. The summed E-state index contributed by atoms with van der Waals surface area (Å²) in [6.07, 6.45) is 19.8. The van der Waals surface area contributed by atoms with Crippen LogP contribution in [0.15, 0.2) is 34.9 Å². The van der Waals surface area contributed by atoms with Gasteiger partial charge in [-0.05, 0) is 117 Å². The summed E-state index contributed by atoms with van der Waals surface area (Å²) in [6, 6.07) is 0. The van der Waals surface area contributed by atoms with Gasteiger partial charge < -0.3 is 0 Å². The standard InChI is InChI=1S/C37H58Cl2O2/c1-24(2)11-8-12-25(3)13-9-15-28-17-19-30-31(21-28)36(41)33-23-34(38)29(22-32(33)35(30)40)18-16-27(5)26(4)14-10-20-37(6,7)39/h11,13,17,26-27,29-34H,8-10,12,14-16,18-23H2,1-7H3. The van der Waals surface area contributed by atoms with Crippen molar-refractivity contribution in [1.29, 1.82) is 0 Å².